The maximum Gasteiger partial charge on any atom is 0.309 e. The van der Waals surface area contributed by atoms with Crippen LogP contribution < -0.4 is 0 Å². The lowest BCUT2D eigenvalue weighted by molar-refractivity contribution is -0.159. The van der Waals surface area contributed by atoms with Gasteiger partial charge in [-0.25, -0.2) is 0 Å². The minimum atomic E-state index is -0.403. The first kappa shape index (κ1) is 15.7. The highest BCUT2D eigenvalue weighted by Gasteiger charge is 2.24. The number of benzene rings is 1. The summed E-state index contributed by atoms with van der Waals surface area (Å²) < 4.78 is 5.44. The Hall–Kier alpha value is -1.31. The molecule has 0 spiro atoms. The fraction of sp³-hybridized carbons (Fsp3) is 0.588. The van der Waals surface area contributed by atoms with Gasteiger partial charge in [-0.15, -0.1) is 0 Å². The Morgan fingerprint density at radius 1 is 1.21 bits per heavy atom. The van der Waals surface area contributed by atoms with Crippen molar-refractivity contribution in [3.8, 4) is 0 Å². The molecule has 0 radical (unpaired) electrons. The first-order chi connectivity index (χ1) is 8.83. The Labute approximate surface area is 117 Å². The van der Waals surface area contributed by atoms with Crippen LogP contribution in [0.5, 0.6) is 0 Å². The highest BCUT2D eigenvalue weighted by Crippen LogP contribution is 2.28. The summed E-state index contributed by atoms with van der Waals surface area (Å²) in [6.45, 7) is 9.85. The molecule has 0 saturated heterocycles. The van der Waals surface area contributed by atoms with Crippen molar-refractivity contribution in [1.82, 2.24) is 0 Å². The Bertz CT molecular complexity index is 389. The molecule has 2 atom stereocenters. The molecule has 0 aliphatic heterocycles. The summed E-state index contributed by atoms with van der Waals surface area (Å²) in [6.07, 6.45) is 1.88. The van der Waals surface area contributed by atoms with Gasteiger partial charge in [-0.2, -0.15) is 0 Å². The molecule has 2 heteroatoms. The zero-order chi connectivity index (χ0) is 14.5. The number of hydrogen-bond donors (Lipinski definition) is 0. The van der Waals surface area contributed by atoms with E-state index in [1.807, 2.05) is 33.8 Å². The quantitative estimate of drug-likeness (QED) is 0.728. The molecule has 0 amide bonds. The number of carbonyl (C=O) groups is 1. The van der Waals surface area contributed by atoms with Gasteiger partial charge in [0.25, 0.3) is 0 Å². The van der Waals surface area contributed by atoms with Crippen LogP contribution in [0.4, 0.5) is 0 Å². The van der Waals surface area contributed by atoms with Gasteiger partial charge >= 0.3 is 5.97 Å². The van der Waals surface area contributed by atoms with E-state index in [-0.39, 0.29) is 11.9 Å². The number of ether oxygens (including phenoxy) is 1. The van der Waals surface area contributed by atoms with Crippen LogP contribution in [0.1, 0.15) is 58.9 Å². The summed E-state index contributed by atoms with van der Waals surface area (Å²) in [5.41, 5.74) is 0.903. The maximum atomic E-state index is 12.0. The van der Waals surface area contributed by atoms with E-state index in [0.717, 1.165) is 12.8 Å². The van der Waals surface area contributed by atoms with Crippen molar-refractivity contribution >= 4 is 5.97 Å². The molecular weight excluding hydrogens is 236 g/mol. The standard InChI is InChI=1S/C17H26O2/c1-6-14(15-10-8-7-9-11-15)12-13(2)16(18)19-17(3,4)5/h7-11,13-14H,6,12H2,1-5H3. The highest BCUT2D eigenvalue weighted by atomic mass is 16.6. The molecule has 1 aromatic rings. The van der Waals surface area contributed by atoms with Crippen LogP contribution in [0, 0.1) is 5.92 Å². The topological polar surface area (TPSA) is 26.3 Å². The Kier molecular flexibility index (Phi) is 5.59. The zero-order valence-electron chi connectivity index (χ0n) is 12.8. The van der Waals surface area contributed by atoms with Crippen molar-refractivity contribution in [2.24, 2.45) is 5.92 Å². The van der Waals surface area contributed by atoms with Gasteiger partial charge in [-0.3, -0.25) is 4.79 Å². The van der Waals surface area contributed by atoms with E-state index in [1.54, 1.807) is 0 Å². The van der Waals surface area contributed by atoms with E-state index in [1.165, 1.54) is 5.56 Å². The van der Waals surface area contributed by atoms with Gasteiger partial charge in [0.05, 0.1) is 5.92 Å². The second kappa shape index (κ2) is 6.74. The molecule has 19 heavy (non-hydrogen) atoms. The molecule has 1 rings (SSSR count). The van der Waals surface area contributed by atoms with E-state index >= 15 is 0 Å². The van der Waals surface area contributed by atoms with Crippen molar-refractivity contribution in [3.05, 3.63) is 35.9 Å². The molecule has 1 aromatic carbocycles. The summed E-state index contributed by atoms with van der Waals surface area (Å²) in [7, 11) is 0. The molecular formula is C17H26O2. The summed E-state index contributed by atoms with van der Waals surface area (Å²) in [6, 6.07) is 10.4. The average molecular weight is 262 g/mol. The second-order valence-electron chi connectivity index (χ2n) is 6.19. The van der Waals surface area contributed by atoms with Crippen molar-refractivity contribution in [2.45, 2.75) is 59.0 Å². The minimum Gasteiger partial charge on any atom is -0.460 e. The highest BCUT2D eigenvalue weighted by molar-refractivity contribution is 5.72. The SMILES string of the molecule is CCC(CC(C)C(=O)OC(C)(C)C)c1ccccc1. The normalized spacial score (nSPS) is 14.8. The van der Waals surface area contributed by atoms with Crippen LogP contribution in [0.2, 0.25) is 0 Å². The van der Waals surface area contributed by atoms with Gasteiger partial charge in [0.1, 0.15) is 5.60 Å². The molecule has 0 bridgehead atoms. The van der Waals surface area contributed by atoms with Gasteiger partial charge < -0.3 is 4.74 Å². The largest absolute Gasteiger partial charge is 0.460 e. The molecule has 0 aliphatic carbocycles. The molecule has 0 fully saturated rings. The summed E-state index contributed by atoms with van der Waals surface area (Å²) in [4.78, 5) is 12.0. The van der Waals surface area contributed by atoms with Gasteiger partial charge in [0.2, 0.25) is 0 Å². The number of esters is 1. The first-order valence-electron chi connectivity index (χ1n) is 7.11. The molecule has 0 aromatic heterocycles. The summed E-state index contributed by atoms with van der Waals surface area (Å²) >= 11 is 0. The van der Waals surface area contributed by atoms with Crippen molar-refractivity contribution in [1.29, 1.82) is 0 Å². The fourth-order valence-corrected chi connectivity index (χ4v) is 2.19. The molecule has 106 valence electrons. The summed E-state index contributed by atoms with van der Waals surface area (Å²) in [5, 5.41) is 0. The zero-order valence-corrected chi connectivity index (χ0v) is 12.8. The van der Waals surface area contributed by atoms with Crippen molar-refractivity contribution < 1.29 is 9.53 Å². The minimum absolute atomic E-state index is 0.0654. The van der Waals surface area contributed by atoms with Crippen LogP contribution >= 0.6 is 0 Å². The van der Waals surface area contributed by atoms with E-state index in [2.05, 4.69) is 31.2 Å². The predicted octanol–water partition coefficient (Wildman–Crippen LogP) is 4.55. The van der Waals surface area contributed by atoms with E-state index < -0.39 is 5.60 Å². The third kappa shape index (κ3) is 5.46. The molecule has 0 aliphatic rings. The van der Waals surface area contributed by atoms with Crippen LogP contribution in [-0.2, 0) is 9.53 Å². The number of carbonyl (C=O) groups excluding carboxylic acids is 1. The van der Waals surface area contributed by atoms with E-state index in [9.17, 15) is 4.79 Å². The molecule has 0 N–H and O–H groups in total. The Balaban J connectivity index is 2.64. The smallest absolute Gasteiger partial charge is 0.309 e. The number of hydrogen-bond acceptors (Lipinski definition) is 2. The van der Waals surface area contributed by atoms with Crippen molar-refractivity contribution in [2.75, 3.05) is 0 Å². The molecule has 0 heterocycles. The maximum absolute atomic E-state index is 12.0. The second-order valence-corrected chi connectivity index (χ2v) is 6.19. The number of rotatable bonds is 5. The third-order valence-corrected chi connectivity index (χ3v) is 3.21. The van der Waals surface area contributed by atoms with Crippen LogP contribution in [0.15, 0.2) is 30.3 Å². The van der Waals surface area contributed by atoms with Gasteiger partial charge in [0.15, 0.2) is 0 Å². The van der Waals surface area contributed by atoms with Gasteiger partial charge in [0, 0.05) is 0 Å². The fourth-order valence-electron chi connectivity index (χ4n) is 2.19. The summed E-state index contributed by atoms with van der Waals surface area (Å²) in [5.74, 6) is 0.259. The van der Waals surface area contributed by atoms with E-state index in [4.69, 9.17) is 4.74 Å². The van der Waals surface area contributed by atoms with Crippen LogP contribution in [-0.4, -0.2) is 11.6 Å². The first-order valence-corrected chi connectivity index (χ1v) is 7.11. The third-order valence-electron chi connectivity index (χ3n) is 3.21. The van der Waals surface area contributed by atoms with Crippen molar-refractivity contribution in [3.63, 3.8) is 0 Å². The molecule has 0 saturated carbocycles. The Morgan fingerprint density at radius 3 is 2.26 bits per heavy atom. The lowest BCUT2D eigenvalue weighted by Crippen LogP contribution is -2.28. The lowest BCUT2D eigenvalue weighted by atomic mass is 9.87. The Morgan fingerprint density at radius 2 is 1.79 bits per heavy atom. The van der Waals surface area contributed by atoms with E-state index in [0.29, 0.717) is 5.92 Å². The molecule has 2 unspecified atom stereocenters. The monoisotopic (exact) mass is 262 g/mol. The molecule has 2 nitrogen and oxygen atoms in total. The average Bonchev–Trinajstić information content (AvgIpc) is 2.34. The lowest BCUT2D eigenvalue weighted by Gasteiger charge is -2.24. The van der Waals surface area contributed by atoms with Crippen LogP contribution in [0.3, 0.4) is 0 Å². The van der Waals surface area contributed by atoms with Gasteiger partial charge in [-0.1, -0.05) is 44.2 Å². The van der Waals surface area contributed by atoms with Gasteiger partial charge in [-0.05, 0) is 45.1 Å². The predicted molar refractivity (Wildman–Crippen MR) is 79.1 cm³/mol. The van der Waals surface area contributed by atoms with Crippen LogP contribution in [0.25, 0.3) is 0 Å².